The summed E-state index contributed by atoms with van der Waals surface area (Å²) in [6.45, 7) is 6.56. The third-order valence-electron chi connectivity index (χ3n) is 11.4. The Morgan fingerprint density at radius 3 is 2.02 bits per heavy atom. The highest BCUT2D eigenvalue weighted by molar-refractivity contribution is 6.25. The van der Waals surface area contributed by atoms with Crippen LogP contribution in [0, 0.1) is 0 Å². The van der Waals surface area contributed by atoms with Crippen molar-refractivity contribution in [2.24, 2.45) is 9.98 Å². The maximum Gasteiger partial charge on any atom is 0.169 e. The number of allylic oxidation sites excluding steroid dienone is 12. The van der Waals surface area contributed by atoms with Crippen LogP contribution in [0.3, 0.4) is 0 Å². The van der Waals surface area contributed by atoms with Gasteiger partial charge in [-0.3, -0.25) is 0 Å². The highest BCUT2D eigenvalue weighted by Gasteiger charge is 2.23. The number of hydrogen-bond donors (Lipinski definition) is 1. The minimum atomic E-state index is -0.419. The molecule has 6 aromatic rings. The molecule has 0 bridgehead atoms. The van der Waals surface area contributed by atoms with Gasteiger partial charge in [0.25, 0.3) is 0 Å². The third-order valence-corrected chi connectivity index (χ3v) is 11.4. The molecule has 3 aliphatic rings. The van der Waals surface area contributed by atoms with Crippen LogP contribution in [0.25, 0.3) is 49.0 Å². The second-order valence-electron chi connectivity index (χ2n) is 15.1. The first-order chi connectivity index (χ1) is 28.1. The highest BCUT2D eigenvalue weighted by Crippen LogP contribution is 2.38. The molecule has 57 heavy (non-hydrogen) atoms. The van der Waals surface area contributed by atoms with Crippen LogP contribution in [0.2, 0.25) is 0 Å². The van der Waals surface area contributed by atoms with Crippen molar-refractivity contribution in [2.75, 3.05) is 0 Å². The molecule has 0 amide bonds. The van der Waals surface area contributed by atoms with Gasteiger partial charge in [-0.2, -0.15) is 0 Å². The Bertz CT molecular complexity index is 2800. The van der Waals surface area contributed by atoms with Crippen molar-refractivity contribution in [3.05, 3.63) is 209 Å². The molecule has 9 rings (SSSR count). The van der Waals surface area contributed by atoms with Crippen LogP contribution in [-0.4, -0.2) is 11.7 Å². The first-order valence-corrected chi connectivity index (χ1v) is 20.3. The fraction of sp³-hybridized carbons (Fsp3) is 0.148. The van der Waals surface area contributed by atoms with Gasteiger partial charge in [0.05, 0.1) is 0 Å². The minimum Gasteiger partial charge on any atom is -0.324 e. The molecule has 278 valence electrons. The van der Waals surface area contributed by atoms with Gasteiger partial charge in [-0.05, 0) is 141 Å². The van der Waals surface area contributed by atoms with Gasteiger partial charge < -0.3 is 5.32 Å². The van der Waals surface area contributed by atoms with Crippen molar-refractivity contribution in [3.8, 4) is 0 Å². The standard InChI is InChI=1S/C54H47N3/c1-4-36(3)30-37(5-2)43-32-44(34-45(33-43)54-56-52(38-18-8-6-9-19-38)55-53(57-54)39-20-10-7-11-21-39)41-23-13-12-22-40(31-41)42-28-29-50-48-26-15-14-24-46(48)47-25-16-17-27-49(47)51(50)35-42/h5-6,8-10,12,14-35,54H,4,7,11,13H2,1-3H3,(H,55,56,57)/b36-30-,37-5+. The van der Waals surface area contributed by atoms with Crippen molar-refractivity contribution >= 4 is 60.7 Å². The Morgan fingerprint density at radius 2 is 1.32 bits per heavy atom. The zero-order valence-corrected chi connectivity index (χ0v) is 33.0. The lowest BCUT2D eigenvalue weighted by molar-refractivity contribution is 0.754. The minimum absolute atomic E-state index is 0.419. The van der Waals surface area contributed by atoms with Gasteiger partial charge in [-0.1, -0.05) is 152 Å². The maximum absolute atomic E-state index is 5.31. The lowest BCUT2D eigenvalue weighted by Gasteiger charge is -2.24. The molecule has 0 saturated heterocycles. The molecule has 1 heterocycles. The summed E-state index contributed by atoms with van der Waals surface area (Å²) in [5.74, 6) is 1.70. The summed E-state index contributed by atoms with van der Waals surface area (Å²) < 4.78 is 0. The molecule has 0 radical (unpaired) electrons. The molecule has 1 aliphatic heterocycles. The zero-order chi connectivity index (χ0) is 38.7. The average Bonchev–Trinajstić information content (AvgIpc) is 3.55. The third kappa shape index (κ3) is 7.30. The first-order valence-electron chi connectivity index (χ1n) is 20.3. The molecule has 0 aromatic heterocycles. The Labute approximate surface area is 336 Å². The van der Waals surface area contributed by atoms with Crippen molar-refractivity contribution in [3.63, 3.8) is 0 Å². The van der Waals surface area contributed by atoms with Crippen LogP contribution < -0.4 is 5.32 Å². The van der Waals surface area contributed by atoms with E-state index in [4.69, 9.17) is 9.98 Å². The second-order valence-corrected chi connectivity index (χ2v) is 15.1. The van der Waals surface area contributed by atoms with E-state index in [0.717, 1.165) is 59.6 Å². The predicted octanol–water partition coefficient (Wildman–Crippen LogP) is 14.1. The predicted molar refractivity (Wildman–Crippen MR) is 246 cm³/mol. The molecule has 6 aromatic carbocycles. The molecule has 0 fully saturated rings. The van der Waals surface area contributed by atoms with Crippen LogP contribution in [0.4, 0.5) is 0 Å². The van der Waals surface area contributed by atoms with E-state index in [1.807, 2.05) is 6.07 Å². The highest BCUT2D eigenvalue weighted by atomic mass is 15.2. The van der Waals surface area contributed by atoms with Gasteiger partial charge in [-0.15, -0.1) is 0 Å². The van der Waals surface area contributed by atoms with Gasteiger partial charge in [0.2, 0.25) is 0 Å². The smallest absolute Gasteiger partial charge is 0.169 e. The molecule has 3 heteroatoms. The molecular weight excluding hydrogens is 691 g/mol. The van der Waals surface area contributed by atoms with E-state index < -0.39 is 6.17 Å². The van der Waals surface area contributed by atoms with Gasteiger partial charge in [0, 0.05) is 11.1 Å². The van der Waals surface area contributed by atoms with Gasteiger partial charge in [0.1, 0.15) is 11.7 Å². The Hall–Kier alpha value is -6.58. The molecule has 3 nitrogen and oxygen atoms in total. The zero-order valence-electron chi connectivity index (χ0n) is 33.0. The molecule has 1 atom stereocenters. The molecule has 2 aliphatic carbocycles. The van der Waals surface area contributed by atoms with Crippen LogP contribution >= 0.6 is 0 Å². The van der Waals surface area contributed by atoms with E-state index in [0.29, 0.717) is 0 Å². The van der Waals surface area contributed by atoms with Crippen molar-refractivity contribution in [2.45, 2.75) is 52.6 Å². The molecule has 1 unspecified atom stereocenters. The van der Waals surface area contributed by atoms with E-state index in [9.17, 15) is 0 Å². The number of hydrogen-bond acceptors (Lipinski definition) is 3. The van der Waals surface area contributed by atoms with Gasteiger partial charge in [-0.25, -0.2) is 9.98 Å². The normalized spacial score (nSPS) is 17.5. The summed E-state index contributed by atoms with van der Waals surface area (Å²) in [6, 6.07) is 42.0. The van der Waals surface area contributed by atoms with Crippen LogP contribution in [0.5, 0.6) is 0 Å². The quantitative estimate of drug-likeness (QED) is 0.123. The lowest BCUT2D eigenvalue weighted by Crippen LogP contribution is -2.36. The van der Waals surface area contributed by atoms with Crippen LogP contribution in [0.1, 0.15) is 80.4 Å². The van der Waals surface area contributed by atoms with Gasteiger partial charge in [0.15, 0.2) is 6.17 Å². The van der Waals surface area contributed by atoms with Gasteiger partial charge >= 0.3 is 0 Å². The number of rotatable bonds is 8. The van der Waals surface area contributed by atoms with E-state index in [-0.39, 0.29) is 0 Å². The summed E-state index contributed by atoms with van der Waals surface area (Å²) in [7, 11) is 0. The Morgan fingerprint density at radius 1 is 0.632 bits per heavy atom. The molecule has 0 saturated carbocycles. The Kier molecular flexibility index (Phi) is 10.1. The Balaban J connectivity index is 1.19. The topological polar surface area (TPSA) is 36.8 Å². The molecule has 1 N–H and O–H groups in total. The number of benzene rings is 6. The monoisotopic (exact) mass is 737 g/mol. The van der Waals surface area contributed by atoms with E-state index >= 15 is 0 Å². The SMILES string of the molecule is C/C=C(\C=C(\C)CC)c1cc(C2=CCC=CC(c3ccc4c5ccccc5c5ccccc5c4c3)=C2)cc(C2N=C(C3=CCCC=C3)NC(c3ccccc3)=N2)c1. The maximum atomic E-state index is 5.31. The summed E-state index contributed by atoms with van der Waals surface area (Å²) in [5, 5.41) is 11.3. The summed E-state index contributed by atoms with van der Waals surface area (Å²) in [5.41, 5.74) is 11.7. The fourth-order valence-electron chi connectivity index (χ4n) is 8.25. The van der Waals surface area contributed by atoms with E-state index in [1.54, 1.807) is 0 Å². The average molecular weight is 738 g/mol. The fourth-order valence-corrected chi connectivity index (χ4v) is 8.25. The molecular formula is C54H47N3. The van der Waals surface area contributed by atoms with Crippen molar-refractivity contribution < 1.29 is 0 Å². The number of aliphatic imine (C=N–C) groups is 2. The lowest BCUT2D eigenvalue weighted by atomic mass is 9.90. The number of nitrogens with zero attached hydrogens (tertiary/aromatic N) is 2. The number of nitrogens with one attached hydrogen (secondary N) is 1. The first kappa shape index (κ1) is 36.1. The van der Waals surface area contributed by atoms with Crippen LogP contribution in [0.15, 0.2) is 191 Å². The van der Waals surface area contributed by atoms with Crippen LogP contribution in [-0.2, 0) is 0 Å². The summed E-state index contributed by atoms with van der Waals surface area (Å²) in [4.78, 5) is 10.6. The molecule has 0 spiro atoms. The number of fused-ring (bicyclic) bond motifs is 6. The second kappa shape index (κ2) is 15.9. The van der Waals surface area contributed by atoms with E-state index in [1.165, 1.54) is 65.7 Å². The van der Waals surface area contributed by atoms with Crippen molar-refractivity contribution in [1.82, 2.24) is 5.32 Å². The summed E-state index contributed by atoms with van der Waals surface area (Å²) >= 11 is 0. The summed E-state index contributed by atoms with van der Waals surface area (Å²) in [6.07, 6.45) is 24.0. The van der Waals surface area contributed by atoms with E-state index in [2.05, 4.69) is 190 Å². The largest absolute Gasteiger partial charge is 0.324 e. The number of amidine groups is 2. The van der Waals surface area contributed by atoms with Crippen molar-refractivity contribution in [1.29, 1.82) is 0 Å².